The van der Waals surface area contributed by atoms with Gasteiger partial charge in [0.25, 0.3) is 0 Å². The van der Waals surface area contributed by atoms with Gasteiger partial charge in [-0.2, -0.15) is 0 Å². The van der Waals surface area contributed by atoms with Crippen LogP contribution in [0.5, 0.6) is 0 Å². The Hall–Kier alpha value is 0. The van der Waals surface area contributed by atoms with E-state index in [1.807, 2.05) is 0 Å². The van der Waals surface area contributed by atoms with Gasteiger partial charge in [0, 0.05) is 1.37 Å². The smallest absolute Gasteiger partial charge is 0.0303 e. The van der Waals surface area contributed by atoms with E-state index in [-0.39, 0.29) is 5.89 Å². The first-order chi connectivity index (χ1) is 4.94. The van der Waals surface area contributed by atoms with Crippen LogP contribution in [0.15, 0.2) is 0 Å². The Labute approximate surface area is 65.4 Å². The van der Waals surface area contributed by atoms with Crippen LogP contribution in [0.4, 0.5) is 0 Å². The quantitative estimate of drug-likeness (QED) is 0.484. The van der Waals surface area contributed by atoms with Gasteiger partial charge in [0.15, 0.2) is 0 Å². The standard InChI is InChI=1S/C10H18/c1-7-4-5-8-6-9(7)10(8,2)3/h7-9H,4-6H2,1-3H3/i7D. The summed E-state index contributed by atoms with van der Waals surface area (Å²) in [5, 5.41) is 0. The van der Waals surface area contributed by atoms with Crippen molar-refractivity contribution in [2.24, 2.45) is 23.1 Å². The van der Waals surface area contributed by atoms with Crippen LogP contribution in [0, 0.1) is 23.1 Å². The molecule has 2 bridgehead atoms. The minimum absolute atomic E-state index is 0.113. The van der Waals surface area contributed by atoms with Gasteiger partial charge in [-0.25, -0.2) is 0 Å². The van der Waals surface area contributed by atoms with Gasteiger partial charge in [0.1, 0.15) is 0 Å². The van der Waals surface area contributed by atoms with Crippen LogP contribution in [0.25, 0.3) is 0 Å². The first-order valence-electron chi connectivity index (χ1n) is 4.94. The molecule has 10 heavy (non-hydrogen) atoms. The molecule has 0 aliphatic heterocycles. The molecule has 0 radical (unpaired) electrons. The van der Waals surface area contributed by atoms with Crippen molar-refractivity contribution in [3.8, 4) is 0 Å². The largest absolute Gasteiger partial charge is 0.0622 e. The summed E-state index contributed by atoms with van der Waals surface area (Å²) < 4.78 is 8.13. The summed E-state index contributed by atoms with van der Waals surface area (Å²) in [7, 11) is 0. The van der Waals surface area contributed by atoms with E-state index >= 15 is 0 Å². The molecule has 0 N–H and O–H groups in total. The van der Waals surface area contributed by atoms with Gasteiger partial charge in [-0.3, -0.25) is 0 Å². The zero-order valence-electron chi connectivity index (χ0n) is 8.28. The van der Waals surface area contributed by atoms with Gasteiger partial charge < -0.3 is 0 Å². The predicted molar refractivity (Wildman–Crippen MR) is 43.8 cm³/mol. The third-order valence-electron chi connectivity index (χ3n) is 3.95. The van der Waals surface area contributed by atoms with Crippen molar-refractivity contribution < 1.29 is 1.37 Å². The van der Waals surface area contributed by atoms with Gasteiger partial charge >= 0.3 is 0 Å². The third kappa shape index (κ3) is 0.627. The second kappa shape index (κ2) is 1.78. The van der Waals surface area contributed by atoms with Crippen molar-refractivity contribution >= 4 is 0 Å². The summed E-state index contributed by atoms with van der Waals surface area (Å²) >= 11 is 0. The molecule has 0 saturated heterocycles. The summed E-state index contributed by atoms with van der Waals surface area (Å²) in [5.41, 5.74) is 0.481. The van der Waals surface area contributed by atoms with E-state index in [0.29, 0.717) is 11.3 Å². The molecule has 0 spiro atoms. The SMILES string of the molecule is [2H]C1(C)CCC2CC1C2(C)C. The van der Waals surface area contributed by atoms with Gasteiger partial charge in [0.05, 0.1) is 0 Å². The van der Waals surface area contributed by atoms with Crippen LogP contribution in [0.2, 0.25) is 0 Å². The van der Waals surface area contributed by atoms with Crippen LogP contribution < -0.4 is 0 Å². The zero-order chi connectivity index (χ0) is 8.28. The highest BCUT2D eigenvalue weighted by Crippen LogP contribution is 2.61. The van der Waals surface area contributed by atoms with Gasteiger partial charge in [-0.1, -0.05) is 27.2 Å². The Kier molecular flexibility index (Phi) is 1.00. The molecule has 3 saturated carbocycles. The summed E-state index contributed by atoms with van der Waals surface area (Å²) in [5.74, 6) is 1.50. The highest BCUT2D eigenvalue weighted by atomic mass is 14.6. The molecule has 3 unspecified atom stereocenters. The molecule has 0 nitrogen and oxygen atoms in total. The fraction of sp³-hybridized carbons (Fsp3) is 1.00. The molecule has 0 aromatic heterocycles. The topological polar surface area (TPSA) is 0 Å². The van der Waals surface area contributed by atoms with E-state index in [0.717, 1.165) is 12.3 Å². The molecule has 3 rings (SSSR count). The second-order valence-electron chi connectivity index (χ2n) is 4.69. The van der Waals surface area contributed by atoms with Crippen LogP contribution in [-0.2, 0) is 0 Å². The maximum atomic E-state index is 8.13. The van der Waals surface area contributed by atoms with Gasteiger partial charge in [-0.05, 0) is 36.0 Å². The maximum Gasteiger partial charge on any atom is 0.0303 e. The van der Waals surface area contributed by atoms with E-state index in [1.165, 1.54) is 12.8 Å². The van der Waals surface area contributed by atoms with Gasteiger partial charge in [0.2, 0.25) is 0 Å². The predicted octanol–water partition coefficient (Wildman–Crippen LogP) is 3.08. The van der Waals surface area contributed by atoms with Crippen molar-refractivity contribution in [3.63, 3.8) is 0 Å². The summed E-state index contributed by atoms with van der Waals surface area (Å²) in [4.78, 5) is 0. The zero-order valence-corrected chi connectivity index (χ0v) is 7.28. The van der Waals surface area contributed by atoms with E-state index < -0.39 is 0 Å². The Bertz CT molecular complexity index is 171. The molecule has 0 heterocycles. The normalized spacial score (nSPS) is 58.9. The lowest BCUT2D eigenvalue weighted by molar-refractivity contribution is -0.0988. The monoisotopic (exact) mass is 139 g/mol. The summed E-state index contributed by atoms with van der Waals surface area (Å²) in [6.45, 7) is 6.81. The number of hydrogen-bond acceptors (Lipinski definition) is 0. The number of fused-ring (bicyclic) bond motifs is 2. The lowest BCUT2D eigenvalue weighted by Crippen LogP contribution is -2.51. The van der Waals surface area contributed by atoms with Crippen molar-refractivity contribution in [3.05, 3.63) is 0 Å². The van der Waals surface area contributed by atoms with Crippen LogP contribution in [0.3, 0.4) is 0 Å². The molecule has 3 atom stereocenters. The molecular weight excluding hydrogens is 120 g/mol. The van der Waals surface area contributed by atoms with E-state index in [4.69, 9.17) is 1.37 Å². The van der Waals surface area contributed by atoms with Crippen molar-refractivity contribution in [1.29, 1.82) is 0 Å². The average Bonchev–Trinajstić information content (AvgIpc) is 1.84. The van der Waals surface area contributed by atoms with Crippen molar-refractivity contribution in [1.82, 2.24) is 0 Å². The van der Waals surface area contributed by atoms with Crippen molar-refractivity contribution in [2.75, 3.05) is 0 Å². The Morgan fingerprint density at radius 1 is 1.40 bits per heavy atom. The molecule has 0 amide bonds. The molecule has 3 fully saturated rings. The van der Waals surface area contributed by atoms with E-state index in [2.05, 4.69) is 20.8 Å². The Morgan fingerprint density at radius 2 is 2.10 bits per heavy atom. The molecule has 58 valence electrons. The highest BCUT2D eigenvalue weighted by Gasteiger charge is 2.52. The lowest BCUT2D eigenvalue weighted by Gasteiger charge is -2.59. The summed E-state index contributed by atoms with van der Waals surface area (Å²) in [6, 6.07) is 0. The minimum atomic E-state index is -0.113. The maximum absolute atomic E-state index is 8.13. The highest BCUT2D eigenvalue weighted by molar-refractivity contribution is 5.01. The molecule has 3 aliphatic rings. The molecule has 0 aromatic rings. The fourth-order valence-corrected chi connectivity index (χ4v) is 2.92. The molecule has 3 aliphatic carbocycles. The molecular formula is C10H18. The lowest BCUT2D eigenvalue weighted by atomic mass is 9.46. The third-order valence-corrected chi connectivity index (χ3v) is 3.95. The average molecular weight is 139 g/mol. The second-order valence-corrected chi connectivity index (χ2v) is 4.69. The van der Waals surface area contributed by atoms with Crippen LogP contribution in [0.1, 0.15) is 41.4 Å². The van der Waals surface area contributed by atoms with E-state index in [1.54, 1.807) is 0 Å². The van der Waals surface area contributed by atoms with E-state index in [9.17, 15) is 0 Å². The number of hydrogen-bond donors (Lipinski definition) is 0. The Balaban J connectivity index is 2.23. The van der Waals surface area contributed by atoms with Crippen LogP contribution >= 0.6 is 0 Å². The first kappa shape index (κ1) is 5.62. The summed E-state index contributed by atoms with van der Waals surface area (Å²) in [6.07, 6.45) is 3.75. The van der Waals surface area contributed by atoms with Crippen molar-refractivity contribution in [2.45, 2.75) is 40.0 Å². The van der Waals surface area contributed by atoms with Crippen LogP contribution in [-0.4, -0.2) is 0 Å². The van der Waals surface area contributed by atoms with Gasteiger partial charge in [-0.15, -0.1) is 0 Å². The molecule has 0 aromatic carbocycles. The number of rotatable bonds is 0. The first-order valence-corrected chi connectivity index (χ1v) is 4.44. The fourth-order valence-electron chi connectivity index (χ4n) is 2.92. The Morgan fingerprint density at radius 3 is 2.40 bits per heavy atom. The minimum Gasteiger partial charge on any atom is -0.0622 e. The molecule has 0 heteroatoms.